The zero-order chi connectivity index (χ0) is 23.6. The van der Waals surface area contributed by atoms with Gasteiger partial charge in [-0.1, -0.05) is 48.0 Å². The summed E-state index contributed by atoms with van der Waals surface area (Å²) in [6, 6.07) is 19.6. The second kappa shape index (κ2) is 11.4. The first-order valence-electron chi connectivity index (χ1n) is 10.5. The summed E-state index contributed by atoms with van der Waals surface area (Å²) >= 11 is 0. The topological polar surface area (TPSA) is 103 Å². The van der Waals surface area contributed by atoms with Crippen LogP contribution in [0.5, 0.6) is 11.5 Å². The minimum atomic E-state index is -0.510. The molecular weight excluding hydrogens is 422 g/mol. The molecule has 0 atom stereocenters. The number of carbonyl (C=O) groups is 1. The van der Waals surface area contributed by atoms with Crippen LogP contribution in [0.4, 0.5) is 5.69 Å². The number of hydrogen-bond donors (Lipinski definition) is 1. The van der Waals surface area contributed by atoms with Gasteiger partial charge in [0.25, 0.3) is 5.69 Å². The standard InChI is InChI=1S/C25H25N3O5/c1-3-32-24-14-20(12-13-23(24)33-17-19-10-8-18(2)9-11-19)16-26-27-25(29)15-21-6-4-5-7-22(21)28(30)31/h4-14,16H,3,15,17H2,1-2H3,(H,27,29). The lowest BCUT2D eigenvalue weighted by Gasteiger charge is -2.12. The third-order valence-corrected chi connectivity index (χ3v) is 4.72. The third-order valence-electron chi connectivity index (χ3n) is 4.72. The van der Waals surface area contributed by atoms with E-state index in [4.69, 9.17) is 9.47 Å². The molecule has 0 saturated carbocycles. The Morgan fingerprint density at radius 1 is 1.06 bits per heavy atom. The highest BCUT2D eigenvalue weighted by molar-refractivity contribution is 5.84. The molecule has 0 unspecified atom stereocenters. The molecule has 8 nitrogen and oxygen atoms in total. The van der Waals surface area contributed by atoms with Crippen LogP contribution in [-0.2, 0) is 17.8 Å². The van der Waals surface area contributed by atoms with Crippen molar-refractivity contribution in [2.24, 2.45) is 5.10 Å². The van der Waals surface area contributed by atoms with Gasteiger partial charge in [-0.3, -0.25) is 14.9 Å². The maximum atomic E-state index is 12.1. The minimum absolute atomic E-state index is 0.0980. The number of nitro benzene ring substituents is 1. The Hall–Kier alpha value is -4.20. The molecule has 170 valence electrons. The van der Waals surface area contributed by atoms with Gasteiger partial charge in [-0.15, -0.1) is 0 Å². The molecule has 0 heterocycles. The highest BCUT2D eigenvalue weighted by atomic mass is 16.6. The second-order valence-electron chi connectivity index (χ2n) is 7.27. The predicted molar refractivity (Wildman–Crippen MR) is 126 cm³/mol. The van der Waals surface area contributed by atoms with E-state index < -0.39 is 10.8 Å². The molecule has 3 aromatic rings. The Balaban J connectivity index is 1.62. The molecule has 0 bridgehead atoms. The maximum Gasteiger partial charge on any atom is 0.273 e. The zero-order valence-electron chi connectivity index (χ0n) is 18.5. The van der Waals surface area contributed by atoms with Gasteiger partial charge in [-0.25, -0.2) is 5.43 Å². The lowest BCUT2D eigenvalue weighted by Crippen LogP contribution is -2.20. The second-order valence-corrected chi connectivity index (χ2v) is 7.27. The lowest BCUT2D eigenvalue weighted by molar-refractivity contribution is -0.385. The summed E-state index contributed by atoms with van der Waals surface area (Å²) < 4.78 is 11.6. The number of rotatable bonds is 10. The highest BCUT2D eigenvalue weighted by Crippen LogP contribution is 2.29. The number of aryl methyl sites for hydroxylation is 1. The van der Waals surface area contributed by atoms with E-state index in [1.54, 1.807) is 36.4 Å². The molecule has 1 N–H and O–H groups in total. The molecule has 0 aliphatic carbocycles. The van der Waals surface area contributed by atoms with Crippen molar-refractivity contribution in [1.82, 2.24) is 5.43 Å². The van der Waals surface area contributed by atoms with E-state index in [0.717, 1.165) is 5.56 Å². The van der Waals surface area contributed by atoms with Gasteiger partial charge in [0.05, 0.1) is 24.2 Å². The van der Waals surface area contributed by atoms with Crippen LogP contribution in [0.15, 0.2) is 71.8 Å². The Morgan fingerprint density at radius 2 is 1.82 bits per heavy atom. The van der Waals surface area contributed by atoms with E-state index in [-0.39, 0.29) is 12.1 Å². The van der Waals surface area contributed by atoms with E-state index in [2.05, 4.69) is 10.5 Å². The van der Waals surface area contributed by atoms with Crippen molar-refractivity contribution in [2.45, 2.75) is 26.9 Å². The van der Waals surface area contributed by atoms with Crippen LogP contribution in [0.25, 0.3) is 0 Å². The van der Waals surface area contributed by atoms with Crippen molar-refractivity contribution in [3.8, 4) is 11.5 Å². The number of para-hydroxylation sites is 1. The van der Waals surface area contributed by atoms with Gasteiger partial charge < -0.3 is 9.47 Å². The molecule has 0 spiro atoms. The van der Waals surface area contributed by atoms with Gasteiger partial charge in [-0.05, 0) is 43.2 Å². The third kappa shape index (κ3) is 6.90. The Kier molecular flexibility index (Phi) is 8.13. The van der Waals surface area contributed by atoms with Crippen molar-refractivity contribution >= 4 is 17.8 Å². The normalized spacial score (nSPS) is 10.7. The van der Waals surface area contributed by atoms with E-state index in [0.29, 0.717) is 35.8 Å². The van der Waals surface area contributed by atoms with Gasteiger partial charge in [0.2, 0.25) is 5.91 Å². The highest BCUT2D eigenvalue weighted by Gasteiger charge is 2.15. The number of nitrogens with one attached hydrogen (secondary N) is 1. The number of benzene rings is 3. The van der Waals surface area contributed by atoms with E-state index in [1.165, 1.54) is 17.8 Å². The quantitative estimate of drug-likeness (QED) is 0.278. The van der Waals surface area contributed by atoms with Crippen LogP contribution in [0.1, 0.15) is 29.2 Å². The summed E-state index contributed by atoms with van der Waals surface area (Å²) in [6.45, 7) is 4.79. The Bertz CT molecular complexity index is 1140. The number of nitrogens with zero attached hydrogens (tertiary/aromatic N) is 2. The van der Waals surface area contributed by atoms with Crippen molar-refractivity contribution < 1.29 is 19.2 Å². The molecule has 33 heavy (non-hydrogen) atoms. The molecule has 3 aromatic carbocycles. The van der Waals surface area contributed by atoms with Crippen molar-refractivity contribution in [1.29, 1.82) is 0 Å². The van der Waals surface area contributed by atoms with Crippen molar-refractivity contribution in [3.05, 3.63) is 99.1 Å². The van der Waals surface area contributed by atoms with Crippen LogP contribution in [0, 0.1) is 17.0 Å². The summed E-state index contributed by atoms with van der Waals surface area (Å²) in [6.07, 6.45) is 1.33. The molecule has 0 radical (unpaired) electrons. The molecule has 3 rings (SSSR count). The van der Waals surface area contributed by atoms with Gasteiger partial charge in [0.1, 0.15) is 6.61 Å². The van der Waals surface area contributed by atoms with Crippen LogP contribution in [0.3, 0.4) is 0 Å². The van der Waals surface area contributed by atoms with E-state index >= 15 is 0 Å². The number of amides is 1. The van der Waals surface area contributed by atoms with Gasteiger partial charge in [-0.2, -0.15) is 5.10 Å². The number of hydrazone groups is 1. The first-order chi connectivity index (χ1) is 16.0. The zero-order valence-corrected chi connectivity index (χ0v) is 18.5. The number of hydrogen-bond acceptors (Lipinski definition) is 6. The molecule has 0 aliphatic rings. The first-order valence-corrected chi connectivity index (χ1v) is 10.5. The van der Waals surface area contributed by atoms with Gasteiger partial charge >= 0.3 is 0 Å². The lowest BCUT2D eigenvalue weighted by atomic mass is 10.1. The van der Waals surface area contributed by atoms with Gasteiger partial charge in [0, 0.05) is 11.6 Å². The monoisotopic (exact) mass is 447 g/mol. The average molecular weight is 447 g/mol. The average Bonchev–Trinajstić information content (AvgIpc) is 2.80. The van der Waals surface area contributed by atoms with Crippen LogP contribution >= 0.6 is 0 Å². The van der Waals surface area contributed by atoms with Crippen molar-refractivity contribution in [2.75, 3.05) is 6.61 Å². The summed E-state index contributed by atoms with van der Waals surface area (Å²) in [7, 11) is 0. The number of carbonyl (C=O) groups excluding carboxylic acids is 1. The van der Waals surface area contributed by atoms with Crippen LogP contribution < -0.4 is 14.9 Å². The fourth-order valence-electron chi connectivity index (χ4n) is 3.07. The first kappa shape index (κ1) is 23.5. The molecular formula is C25H25N3O5. The van der Waals surface area contributed by atoms with Gasteiger partial charge in [0.15, 0.2) is 11.5 Å². The smallest absolute Gasteiger partial charge is 0.273 e. The molecule has 0 aromatic heterocycles. The molecule has 8 heteroatoms. The fourth-order valence-corrected chi connectivity index (χ4v) is 3.07. The number of ether oxygens (including phenoxy) is 2. The van der Waals surface area contributed by atoms with Crippen LogP contribution in [-0.4, -0.2) is 23.7 Å². The largest absolute Gasteiger partial charge is 0.490 e. The van der Waals surface area contributed by atoms with Crippen LogP contribution in [0.2, 0.25) is 0 Å². The summed E-state index contributed by atoms with van der Waals surface area (Å²) in [4.78, 5) is 22.7. The maximum absolute atomic E-state index is 12.1. The SMILES string of the molecule is CCOc1cc(C=NNC(=O)Cc2ccccc2[N+](=O)[O-])ccc1OCc1ccc(C)cc1. The number of nitro groups is 1. The Labute approximate surface area is 192 Å². The molecule has 1 amide bonds. The van der Waals surface area contributed by atoms with E-state index in [1.807, 2.05) is 38.1 Å². The predicted octanol–water partition coefficient (Wildman–Crippen LogP) is 4.57. The molecule has 0 fully saturated rings. The van der Waals surface area contributed by atoms with E-state index in [9.17, 15) is 14.9 Å². The summed E-state index contributed by atoms with van der Waals surface area (Å²) in [5.74, 6) is 0.721. The Morgan fingerprint density at radius 3 is 2.55 bits per heavy atom. The summed E-state index contributed by atoms with van der Waals surface area (Å²) in [5, 5.41) is 15.0. The molecule has 0 saturated heterocycles. The minimum Gasteiger partial charge on any atom is -0.490 e. The summed E-state index contributed by atoms with van der Waals surface area (Å²) in [5.41, 5.74) is 5.56. The molecule has 0 aliphatic heterocycles. The fraction of sp³-hybridized carbons (Fsp3) is 0.200. The van der Waals surface area contributed by atoms with Crippen molar-refractivity contribution in [3.63, 3.8) is 0 Å².